The first-order chi connectivity index (χ1) is 20.4. The number of fused-ring (bicyclic) bond motifs is 6. The summed E-state index contributed by atoms with van der Waals surface area (Å²) < 4.78 is 23.3. The second-order valence-electron chi connectivity index (χ2n) is 10.5. The minimum absolute atomic E-state index is 0.0561. The number of cyclic esters (lactones) is 1. The summed E-state index contributed by atoms with van der Waals surface area (Å²) in [5.74, 6) is 0.380. The Kier molecular flexibility index (Phi) is 6.12. The average Bonchev–Trinajstić information content (AvgIpc) is 3.62. The molecule has 42 heavy (non-hydrogen) atoms. The molecule has 4 aromatic rings. The van der Waals surface area contributed by atoms with Crippen LogP contribution in [0.4, 0.5) is 4.79 Å². The number of amides is 1. The van der Waals surface area contributed by atoms with E-state index in [1.807, 2.05) is 36.4 Å². The topological polar surface area (TPSA) is 138 Å². The molecule has 11 heteroatoms. The summed E-state index contributed by atoms with van der Waals surface area (Å²) in [4.78, 5) is 43.6. The van der Waals surface area contributed by atoms with Gasteiger partial charge in [0, 0.05) is 29.1 Å². The van der Waals surface area contributed by atoms with Crippen LogP contribution in [0.2, 0.25) is 0 Å². The maximum atomic E-state index is 13.7. The Morgan fingerprint density at radius 3 is 2.67 bits per heavy atom. The summed E-state index contributed by atoms with van der Waals surface area (Å²) >= 11 is 0. The Balaban J connectivity index is 1.26. The highest BCUT2D eigenvalue weighted by Gasteiger charge is 2.45. The van der Waals surface area contributed by atoms with Crippen LogP contribution in [0.1, 0.15) is 41.2 Å². The van der Waals surface area contributed by atoms with E-state index in [-0.39, 0.29) is 56.2 Å². The number of nitrogens with one attached hydrogen (secondary N) is 1. The van der Waals surface area contributed by atoms with Crippen LogP contribution in [-0.4, -0.2) is 40.1 Å². The summed E-state index contributed by atoms with van der Waals surface area (Å²) in [5.41, 5.74) is 2.54. The number of benzene rings is 2. The lowest BCUT2D eigenvalue weighted by Crippen LogP contribution is -2.44. The van der Waals surface area contributed by atoms with Crippen molar-refractivity contribution in [2.75, 3.05) is 13.3 Å². The second-order valence-corrected chi connectivity index (χ2v) is 10.5. The van der Waals surface area contributed by atoms with Crippen LogP contribution in [0.3, 0.4) is 0 Å². The largest absolute Gasteiger partial charge is 0.458 e. The van der Waals surface area contributed by atoms with Gasteiger partial charge in [-0.3, -0.25) is 4.79 Å². The Hall–Kier alpha value is -4.90. The smallest absolute Gasteiger partial charge is 0.407 e. The molecule has 1 unspecified atom stereocenters. The van der Waals surface area contributed by atoms with Gasteiger partial charge in [0.1, 0.15) is 13.2 Å². The zero-order chi connectivity index (χ0) is 29.0. The molecule has 0 saturated heterocycles. The number of pyridine rings is 2. The van der Waals surface area contributed by atoms with Gasteiger partial charge in [-0.2, -0.15) is 0 Å². The van der Waals surface area contributed by atoms with Gasteiger partial charge in [0.05, 0.1) is 29.0 Å². The molecule has 0 radical (unpaired) electrons. The zero-order valence-corrected chi connectivity index (χ0v) is 22.8. The van der Waals surface area contributed by atoms with Gasteiger partial charge in [-0.25, -0.2) is 14.6 Å². The first kappa shape index (κ1) is 26.0. The van der Waals surface area contributed by atoms with Gasteiger partial charge in [0.15, 0.2) is 17.1 Å². The van der Waals surface area contributed by atoms with Crippen molar-refractivity contribution < 1.29 is 33.6 Å². The quantitative estimate of drug-likeness (QED) is 0.295. The lowest BCUT2D eigenvalue weighted by Gasteiger charge is -2.31. The number of hydrogen-bond donors (Lipinski definition) is 2. The molecule has 11 nitrogen and oxygen atoms in total. The van der Waals surface area contributed by atoms with Crippen LogP contribution in [0, 0.1) is 0 Å². The Morgan fingerprint density at radius 1 is 1.10 bits per heavy atom. The molecule has 2 aromatic heterocycles. The molecule has 1 atom stereocenters. The monoisotopic (exact) mass is 569 g/mol. The highest BCUT2D eigenvalue weighted by atomic mass is 16.7. The van der Waals surface area contributed by atoms with Gasteiger partial charge in [0.2, 0.25) is 6.79 Å². The predicted molar refractivity (Wildman–Crippen MR) is 149 cm³/mol. The van der Waals surface area contributed by atoms with E-state index in [0.29, 0.717) is 34.8 Å². The third-order valence-electron chi connectivity index (χ3n) is 8.16. The van der Waals surface area contributed by atoms with Gasteiger partial charge in [-0.15, -0.1) is 0 Å². The third kappa shape index (κ3) is 4.07. The SMILES string of the molecule is CCC1(O)C(=O)OCc2c1cc1n(c2=O)Cc2c-1nc1cc3c(cc1c2CCNC(=O)OCc1ccccc1)OCO3. The van der Waals surface area contributed by atoms with Crippen molar-refractivity contribution in [2.45, 2.75) is 45.1 Å². The van der Waals surface area contributed by atoms with Gasteiger partial charge >= 0.3 is 12.1 Å². The minimum Gasteiger partial charge on any atom is -0.458 e. The number of hydrogen-bond acceptors (Lipinski definition) is 9. The van der Waals surface area contributed by atoms with Crippen LogP contribution in [0.15, 0.2) is 53.3 Å². The van der Waals surface area contributed by atoms with Crippen molar-refractivity contribution in [3.63, 3.8) is 0 Å². The molecule has 1 amide bonds. The number of aromatic nitrogens is 2. The molecule has 0 fully saturated rings. The van der Waals surface area contributed by atoms with Crippen molar-refractivity contribution in [1.82, 2.24) is 14.9 Å². The Bertz CT molecular complexity index is 1830. The van der Waals surface area contributed by atoms with Gasteiger partial charge in [-0.05, 0) is 36.1 Å². The number of esters is 1. The fourth-order valence-corrected chi connectivity index (χ4v) is 5.90. The summed E-state index contributed by atoms with van der Waals surface area (Å²) in [6.45, 7) is 2.23. The van der Waals surface area contributed by atoms with Crippen LogP contribution < -0.4 is 20.3 Å². The Labute approximate surface area is 239 Å². The molecule has 0 saturated carbocycles. The maximum Gasteiger partial charge on any atom is 0.407 e. The van der Waals surface area contributed by atoms with E-state index in [9.17, 15) is 19.5 Å². The molecule has 2 aromatic carbocycles. The van der Waals surface area contributed by atoms with Gasteiger partial charge < -0.3 is 33.9 Å². The fraction of sp³-hybridized carbons (Fsp3) is 0.290. The van der Waals surface area contributed by atoms with E-state index in [1.54, 1.807) is 23.6 Å². The number of rotatable bonds is 6. The minimum atomic E-state index is -1.92. The molecule has 214 valence electrons. The number of ether oxygens (including phenoxy) is 4. The van der Waals surface area contributed by atoms with Crippen LogP contribution in [0.5, 0.6) is 11.5 Å². The van der Waals surface area contributed by atoms with Crippen molar-refractivity contribution >= 4 is 23.0 Å². The van der Waals surface area contributed by atoms with Crippen LogP contribution in [-0.2, 0) is 46.0 Å². The maximum absolute atomic E-state index is 13.7. The lowest BCUT2D eigenvalue weighted by molar-refractivity contribution is -0.172. The van der Waals surface area contributed by atoms with Crippen molar-refractivity contribution in [2.24, 2.45) is 0 Å². The predicted octanol–water partition coefficient (Wildman–Crippen LogP) is 3.28. The molecular formula is C31H27N3O8. The second kappa shape index (κ2) is 9.88. The van der Waals surface area contributed by atoms with E-state index in [1.165, 1.54) is 0 Å². The highest BCUT2D eigenvalue weighted by Crippen LogP contribution is 2.43. The third-order valence-corrected chi connectivity index (χ3v) is 8.16. The summed E-state index contributed by atoms with van der Waals surface area (Å²) in [5, 5.41) is 14.8. The summed E-state index contributed by atoms with van der Waals surface area (Å²) in [7, 11) is 0. The van der Waals surface area contributed by atoms with Gasteiger partial charge in [-0.1, -0.05) is 37.3 Å². The van der Waals surface area contributed by atoms with E-state index >= 15 is 0 Å². The summed E-state index contributed by atoms with van der Waals surface area (Å²) in [6.07, 6.45) is -0.0626. The van der Waals surface area contributed by atoms with Crippen LogP contribution >= 0.6 is 0 Å². The van der Waals surface area contributed by atoms with E-state index in [4.69, 9.17) is 23.9 Å². The van der Waals surface area contributed by atoms with E-state index in [2.05, 4.69) is 5.32 Å². The van der Waals surface area contributed by atoms with E-state index < -0.39 is 17.7 Å². The fourth-order valence-electron chi connectivity index (χ4n) is 5.90. The molecule has 7 rings (SSSR count). The van der Waals surface area contributed by atoms with Crippen LogP contribution in [0.25, 0.3) is 22.3 Å². The molecule has 3 aliphatic heterocycles. The number of aliphatic hydroxyl groups is 1. The number of carbonyl (C=O) groups is 2. The van der Waals surface area contributed by atoms with E-state index in [0.717, 1.165) is 22.1 Å². The Morgan fingerprint density at radius 2 is 1.88 bits per heavy atom. The number of carbonyl (C=O) groups excluding carboxylic acids is 2. The zero-order valence-electron chi connectivity index (χ0n) is 22.8. The first-order valence-corrected chi connectivity index (χ1v) is 13.7. The molecule has 0 bridgehead atoms. The molecule has 2 N–H and O–H groups in total. The molecule has 0 aliphatic carbocycles. The molecule has 0 spiro atoms. The van der Waals surface area contributed by atoms with Gasteiger partial charge in [0.25, 0.3) is 5.56 Å². The average molecular weight is 570 g/mol. The standard InChI is InChI=1S/C31H27N3O8/c1-2-31(38)22-11-24-27-20(13-34(24)28(35)21(22)15-39-29(31)36)18(19-10-25-26(42-16-41-25)12-23(19)33-27)8-9-32-30(37)40-14-17-6-4-3-5-7-17/h3-7,10-12,38H,2,8-9,13-16H2,1H3,(H,32,37). The molecular weight excluding hydrogens is 542 g/mol. The molecule has 5 heterocycles. The highest BCUT2D eigenvalue weighted by molar-refractivity contribution is 5.91. The molecule has 3 aliphatic rings. The first-order valence-electron chi connectivity index (χ1n) is 13.7. The number of nitrogens with zero attached hydrogens (tertiary/aromatic N) is 2. The number of alkyl carbamates (subject to hydrolysis) is 1. The summed E-state index contributed by atoms with van der Waals surface area (Å²) in [6, 6.07) is 14.8. The lowest BCUT2D eigenvalue weighted by atomic mass is 9.86. The van der Waals surface area contributed by atoms with Crippen molar-refractivity contribution in [1.29, 1.82) is 0 Å². The van der Waals surface area contributed by atoms with Crippen molar-refractivity contribution in [3.8, 4) is 22.9 Å². The normalized spacial score (nSPS) is 17.8. The van der Waals surface area contributed by atoms with Crippen molar-refractivity contribution in [3.05, 3.63) is 86.7 Å².